The van der Waals surface area contributed by atoms with Crippen molar-refractivity contribution in [1.82, 2.24) is 10.2 Å². The van der Waals surface area contributed by atoms with Crippen molar-refractivity contribution in [3.63, 3.8) is 0 Å². The second-order valence-electron chi connectivity index (χ2n) is 12.6. The van der Waals surface area contributed by atoms with E-state index in [9.17, 15) is 9.59 Å². The molecule has 5 rings (SSSR count). The van der Waals surface area contributed by atoms with Gasteiger partial charge < -0.3 is 15.0 Å². The van der Waals surface area contributed by atoms with Gasteiger partial charge in [0, 0.05) is 24.7 Å². The van der Waals surface area contributed by atoms with Crippen LogP contribution < -0.4 is 15.9 Å². The van der Waals surface area contributed by atoms with Gasteiger partial charge in [-0.25, -0.2) is 4.99 Å². The fourth-order valence-corrected chi connectivity index (χ4v) is 10.6. The third-order valence-corrected chi connectivity index (χ3v) is 14.1. The first-order valence-electron chi connectivity index (χ1n) is 15.1. The Balaban J connectivity index is 1.40. The molecule has 1 N–H and O–H groups in total. The Kier molecular flexibility index (Phi) is 9.53. The summed E-state index contributed by atoms with van der Waals surface area (Å²) in [6.07, 6.45) is 1.64. The molecule has 1 saturated heterocycles. The summed E-state index contributed by atoms with van der Waals surface area (Å²) in [4.78, 5) is 34.3. The molecule has 43 heavy (non-hydrogen) atoms. The molecule has 3 aromatic rings. The minimum atomic E-state index is -2.50. The Morgan fingerprint density at radius 3 is 2.07 bits per heavy atom. The SMILES string of the molecule is C[C@H](NC(=O)[C@@H]1CCCN1C(=O)C[C@@H](c1ccccc1)P(=S)(c1ccccc1)c1ccccc1)C1=N[C@@H](C(C)(C)C)CO1. The van der Waals surface area contributed by atoms with Crippen LogP contribution in [-0.4, -0.2) is 53.9 Å². The quantitative estimate of drug-likeness (QED) is 0.319. The lowest BCUT2D eigenvalue weighted by Crippen LogP contribution is -2.50. The van der Waals surface area contributed by atoms with Gasteiger partial charge in [-0.2, -0.15) is 0 Å². The van der Waals surface area contributed by atoms with Crippen molar-refractivity contribution in [3.05, 3.63) is 96.6 Å². The highest BCUT2D eigenvalue weighted by Gasteiger charge is 2.40. The number of carbonyl (C=O) groups excluding carboxylic acids is 2. The molecule has 2 aliphatic heterocycles. The lowest BCUT2D eigenvalue weighted by Gasteiger charge is -2.34. The monoisotopic (exact) mass is 615 g/mol. The summed E-state index contributed by atoms with van der Waals surface area (Å²) < 4.78 is 5.86. The van der Waals surface area contributed by atoms with Gasteiger partial charge in [-0.15, -0.1) is 0 Å². The van der Waals surface area contributed by atoms with Gasteiger partial charge in [0.05, 0.1) is 6.04 Å². The van der Waals surface area contributed by atoms with E-state index in [0.717, 1.165) is 22.6 Å². The number of likely N-dealkylation sites (tertiary alicyclic amines) is 1. The molecular weight excluding hydrogens is 573 g/mol. The maximum absolute atomic E-state index is 14.2. The van der Waals surface area contributed by atoms with Crippen molar-refractivity contribution in [2.45, 2.75) is 70.7 Å². The van der Waals surface area contributed by atoms with Gasteiger partial charge in [0.2, 0.25) is 17.7 Å². The van der Waals surface area contributed by atoms with Crippen LogP contribution >= 0.6 is 6.04 Å². The van der Waals surface area contributed by atoms with Crippen molar-refractivity contribution in [3.8, 4) is 0 Å². The molecule has 2 heterocycles. The fraction of sp³-hybridized carbons (Fsp3) is 0.400. The molecule has 3 aromatic carbocycles. The van der Waals surface area contributed by atoms with Gasteiger partial charge in [-0.05, 0) is 41.4 Å². The maximum atomic E-state index is 14.2. The van der Waals surface area contributed by atoms with Crippen molar-refractivity contribution < 1.29 is 14.3 Å². The summed E-state index contributed by atoms with van der Waals surface area (Å²) in [5.41, 5.74) is 0.808. The number of nitrogens with zero attached hydrogens (tertiary/aromatic N) is 2. The van der Waals surface area contributed by atoms with Crippen LogP contribution in [0, 0.1) is 5.41 Å². The molecule has 0 saturated carbocycles. The van der Waals surface area contributed by atoms with Gasteiger partial charge >= 0.3 is 0 Å². The smallest absolute Gasteiger partial charge is 0.243 e. The zero-order valence-corrected chi connectivity index (χ0v) is 27.2. The molecule has 0 unspecified atom stereocenters. The number of amides is 2. The Hall–Kier alpha value is -3.28. The van der Waals surface area contributed by atoms with Gasteiger partial charge in [-0.1, -0.05) is 124 Å². The molecule has 4 atom stereocenters. The lowest BCUT2D eigenvalue weighted by atomic mass is 9.88. The third kappa shape index (κ3) is 6.78. The van der Waals surface area contributed by atoms with Crippen molar-refractivity contribution in [2.75, 3.05) is 13.2 Å². The van der Waals surface area contributed by atoms with E-state index >= 15 is 0 Å². The van der Waals surface area contributed by atoms with E-state index < -0.39 is 12.1 Å². The fourth-order valence-electron chi connectivity index (χ4n) is 6.00. The number of carbonyl (C=O) groups is 2. The summed E-state index contributed by atoms with van der Waals surface area (Å²) >= 11 is 6.70. The number of hydrogen-bond acceptors (Lipinski definition) is 5. The molecule has 2 amide bonds. The van der Waals surface area contributed by atoms with E-state index in [0.29, 0.717) is 25.5 Å². The van der Waals surface area contributed by atoms with E-state index in [1.165, 1.54) is 0 Å². The maximum Gasteiger partial charge on any atom is 0.243 e. The number of ether oxygens (including phenoxy) is 1. The van der Waals surface area contributed by atoms with Crippen LogP contribution in [0.15, 0.2) is 96.0 Å². The Morgan fingerprint density at radius 1 is 0.977 bits per heavy atom. The Morgan fingerprint density at radius 2 is 1.53 bits per heavy atom. The standard InChI is InChI=1S/C35H42N3O3PS/c1-25(34-37-31(24-41-34)35(2,3)4)36-33(40)29-21-14-22-38(29)32(39)23-30(26-15-8-5-9-16-26)42(43,27-17-10-6-11-18-27)28-19-12-7-13-20-28/h5-13,15-20,25,29-31H,14,21-24H2,1-4H3,(H,36,40)/t25-,29-,30-,31+/m0/s1. The first-order chi connectivity index (χ1) is 20.6. The summed E-state index contributed by atoms with van der Waals surface area (Å²) in [5, 5.41) is 5.24. The highest BCUT2D eigenvalue weighted by molar-refractivity contribution is 8.22. The van der Waals surface area contributed by atoms with Crippen LogP contribution in [0.3, 0.4) is 0 Å². The predicted octanol–water partition coefficient (Wildman–Crippen LogP) is 5.59. The minimum absolute atomic E-state index is 0.0163. The molecule has 1 fully saturated rings. The second kappa shape index (κ2) is 13.2. The van der Waals surface area contributed by atoms with Crippen LogP contribution in [0.5, 0.6) is 0 Å². The summed E-state index contributed by atoms with van der Waals surface area (Å²) in [5.74, 6) is 0.355. The van der Waals surface area contributed by atoms with Gasteiger partial charge in [-0.3, -0.25) is 9.59 Å². The largest absolute Gasteiger partial charge is 0.477 e. The van der Waals surface area contributed by atoms with Crippen LogP contribution in [0.1, 0.15) is 58.2 Å². The molecule has 0 radical (unpaired) electrons. The van der Waals surface area contributed by atoms with E-state index in [2.05, 4.69) is 62.5 Å². The summed E-state index contributed by atoms with van der Waals surface area (Å²) in [6.45, 7) is 9.37. The number of hydrogen-bond donors (Lipinski definition) is 1. The van der Waals surface area contributed by atoms with E-state index in [1.54, 1.807) is 4.90 Å². The molecule has 6 nitrogen and oxygen atoms in total. The third-order valence-electron chi connectivity index (χ3n) is 8.55. The average molecular weight is 616 g/mol. The van der Waals surface area contributed by atoms with Gasteiger partial charge in [0.1, 0.15) is 18.7 Å². The Bertz CT molecular complexity index is 1450. The average Bonchev–Trinajstić information content (AvgIpc) is 3.72. The number of aliphatic imine (C=N–C) groups is 1. The van der Waals surface area contributed by atoms with E-state index in [1.807, 2.05) is 61.5 Å². The van der Waals surface area contributed by atoms with Crippen molar-refractivity contribution in [2.24, 2.45) is 10.4 Å². The van der Waals surface area contributed by atoms with E-state index in [4.69, 9.17) is 21.5 Å². The highest BCUT2D eigenvalue weighted by atomic mass is 32.4. The minimum Gasteiger partial charge on any atom is -0.477 e. The van der Waals surface area contributed by atoms with Crippen LogP contribution in [0.2, 0.25) is 0 Å². The topological polar surface area (TPSA) is 71.0 Å². The normalized spacial score (nSPS) is 20.2. The van der Waals surface area contributed by atoms with Crippen LogP contribution in [0.4, 0.5) is 0 Å². The number of rotatable bonds is 9. The molecule has 2 aliphatic rings. The first-order valence-corrected chi connectivity index (χ1v) is 18.0. The molecule has 0 bridgehead atoms. The van der Waals surface area contributed by atoms with Crippen LogP contribution in [0.25, 0.3) is 0 Å². The first kappa shape index (κ1) is 31.2. The molecule has 0 spiro atoms. The van der Waals surface area contributed by atoms with Gasteiger partial charge in [0.15, 0.2) is 0 Å². The van der Waals surface area contributed by atoms with E-state index in [-0.39, 0.29) is 41.4 Å². The summed E-state index contributed by atoms with van der Waals surface area (Å²) in [7, 11) is 0. The summed E-state index contributed by atoms with van der Waals surface area (Å²) in [6, 6.07) is 27.3. The number of nitrogens with one attached hydrogen (secondary N) is 1. The lowest BCUT2D eigenvalue weighted by molar-refractivity contribution is -0.138. The predicted molar refractivity (Wildman–Crippen MR) is 179 cm³/mol. The molecule has 226 valence electrons. The molecule has 0 aromatic heterocycles. The van der Waals surface area contributed by atoms with Gasteiger partial charge in [0.25, 0.3) is 0 Å². The van der Waals surface area contributed by atoms with Crippen LogP contribution in [-0.2, 0) is 26.1 Å². The number of benzene rings is 3. The zero-order valence-electron chi connectivity index (χ0n) is 25.5. The molecule has 0 aliphatic carbocycles. The highest BCUT2D eigenvalue weighted by Crippen LogP contribution is 2.59. The molecule has 8 heteroatoms. The zero-order chi connectivity index (χ0) is 30.6. The second-order valence-corrected chi connectivity index (χ2v) is 17.3. The Labute approximate surface area is 260 Å². The van der Waals surface area contributed by atoms with Crippen molar-refractivity contribution >= 4 is 46.2 Å². The molecular formula is C35H42N3O3PS. The van der Waals surface area contributed by atoms with Crippen molar-refractivity contribution in [1.29, 1.82) is 0 Å².